The highest BCUT2D eigenvalue weighted by Crippen LogP contribution is 2.26. The number of halogens is 3. The Balaban J connectivity index is 2.86. The number of rotatable bonds is 4. The molecule has 0 heterocycles. The van der Waals surface area contributed by atoms with Crippen LogP contribution in [0, 0.1) is 0 Å². The maximum absolute atomic E-state index is 11.9. The van der Waals surface area contributed by atoms with E-state index in [9.17, 15) is 13.6 Å². The predicted molar refractivity (Wildman–Crippen MR) is 57.0 cm³/mol. The number of hydrogen-bond acceptors (Lipinski definition) is 3. The van der Waals surface area contributed by atoms with Crippen LogP contribution < -0.4 is 4.74 Å². The summed E-state index contributed by atoms with van der Waals surface area (Å²) in [5.41, 5.74) is 0.245. The van der Waals surface area contributed by atoms with Gasteiger partial charge in [-0.05, 0) is 34.1 Å². The molecule has 0 fully saturated rings. The molecule has 0 radical (unpaired) electrons. The lowest BCUT2D eigenvalue weighted by molar-refractivity contribution is 0.0599. The highest BCUT2D eigenvalue weighted by molar-refractivity contribution is 9.10. The number of methoxy groups -OCH3 is 1. The second kappa shape index (κ2) is 5.79. The first kappa shape index (κ1) is 12.9. The summed E-state index contributed by atoms with van der Waals surface area (Å²) in [5.74, 6) is -0.363. The van der Waals surface area contributed by atoms with Gasteiger partial charge in [0.05, 0.1) is 17.1 Å². The van der Waals surface area contributed by atoms with Crippen LogP contribution in [0.2, 0.25) is 0 Å². The van der Waals surface area contributed by atoms with E-state index >= 15 is 0 Å². The quantitative estimate of drug-likeness (QED) is 0.801. The molecule has 16 heavy (non-hydrogen) atoms. The van der Waals surface area contributed by atoms with E-state index in [1.807, 2.05) is 0 Å². The van der Waals surface area contributed by atoms with Crippen LogP contribution in [0.1, 0.15) is 10.4 Å². The van der Waals surface area contributed by atoms with Crippen molar-refractivity contribution in [2.24, 2.45) is 0 Å². The lowest BCUT2D eigenvalue weighted by Gasteiger charge is -2.08. The average molecular weight is 295 g/mol. The molecule has 1 aromatic rings. The Hall–Kier alpha value is -1.17. The van der Waals surface area contributed by atoms with Crippen LogP contribution in [-0.4, -0.2) is 26.1 Å². The third-order valence-electron chi connectivity index (χ3n) is 1.72. The maximum Gasteiger partial charge on any atom is 0.337 e. The van der Waals surface area contributed by atoms with Crippen LogP contribution >= 0.6 is 15.9 Å². The normalized spacial score (nSPS) is 10.3. The van der Waals surface area contributed by atoms with Gasteiger partial charge in [-0.25, -0.2) is 13.6 Å². The fraction of sp³-hybridized carbons (Fsp3) is 0.300. The molecule has 0 amide bonds. The molecule has 3 nitrogen and oxygen atoms in total. The summed E-state index contributed by atoms with van der Waals surface area (Å²) in [6, 6.07) is 4.39. The molecule has 0 saturated heterocycles. The van der Waals surface area contributed by atoms with Gasteiger partial charge < -0.3 is 9.47 Å². The molecule has 1 rings (SSSR count). The van der Waals surface area contributed by atoms with Crippen molar-refractivity contribution < 1.29 is 23.0 Å². The first-order valence-electron chi connectivity index (χ1n) is 4.33. The summed E-state index contributed by atoms with van der Waals surface area (Å²) in [6.45, 7) is -0.719. The smallest absolute Gasteiger partial charge is 0.337 e. The van der Waals surface area contributed by atoms with Gasteiger partial charge >= 0.3 is 5.97 Å². The van der Waals surface area contributed by atoms with Crippen LogP contribution in [0.4, 0.5) is 8.78 Å². The summed E-state index contributed by atoms with van der Waals surface area (Å²) in [5, 5.41) is 0. The Morgan fingerprint density at radius 2 is 2.19 bits per heavy atom. The number of benzene rings is 1. The van der Waals surface area contributed by atoms with Crippen LogP contribution in [0.25, 0.3) is 0 Å². The summed E-state index contributed by atoms with van der Waals surface area (Å²) in [6.07, 6.45) is -2.56. The van der Waals surface area contributed by atoms with Crippen molar-refractivity contribution in [2.45, 2.75) is 6.43 Å². The number of alkyl halides is 2. The Labute approximate surface area is 99.5 Å². The molecule has 0 aliphatic carbocycles. The minimum absolute atomic E-state index is 0.184. The zero-order chi connectivity index (χ0) is 12.1. The number of hydrogen-bond donors (Lipinski definition) is 0. The molecule has 0 atom stereocenters. The molecule has 0 spiro atoms. The van der Waals surface area contributed by atoms with Gasteiger partial charge in [0.1, 0.15) is 12.4 Å². The third kappa shape index (κ3) is 3.44. The van der Waals surface area contributed by atoms with Crippen LogP contribution in [0.15, 0.2) is 22.7 Å². The van der Waals surface area contributed by atoms with Crippen molar-refractivity contribution in [1.29, 1.82) is 0 Å². The van der Waals surface area contributed by atoms with Crippen molar-refractivity contribution in [3.8, 4) is 5.75 Å². The highest BCUT2D eigenvalue weighted by atomic mass is 79.9. The van der Waals surface area contributed by atoms with Crippen molar-refractivity contribution in [2.75, 3.05) is 13.7 Å². The Bertz CT molecular complexity index is 382. The molecule has 0 saturated carbocycles. The lowest BCUT2D eigenvalue weighted by Crippen LogP contribution is -2.08. The van der Waals surface area contributed by atoms with E-state index in [1.165, 1.54) is 25.3 Å². The molecule has 0 aromatic heterocycles. The predicted octanol–water partition coefficient (Wildman–Crippen LogP) is 2.88. The Kier molecular flexibility index (Phi) is 4.67. The van der Waals surface area contributed by atoms with Gasteiger partial charge in [-0.3, -0.25) is 0 Å². The molecule has 0 aliphatic rings. The molecule has 1 aromatic carbocycles. The zero-order valence-electron chi connectivity index (χ0n) is 8.38. The van der Waals surface area contributed by atoms with E-state index in [4.69, 9.17) is 4.74 Å². The Morgan fingerprint density at radius 1 is 1.50 bits per heavy atom. The van der Waals surface area contributed by atoms with Gasteiger partial charge in [0.2, 0.25) is 0 Å². The van der Waals surface area contributed by atoms with Crippen LogP contribution in [-0.2, 0) is 4.74 Å². The number of ether oxygens (including phenoxy) is 2. The summed E-state index contributed by atoms with van der Waals surface area (Å²) >= 11 is 3.13. The Morgan fingerprint density at radius 3 is 2.75 bits per heavy atom. The number of carbonyl (C=O) groups is 1. The monoisotopic (exact) mass is 294 g/mol. The number of esters is 1. The molecule has 88 valence electrons. The SMILES string of the molecule is COC(=O)c1ccc(Br)c(OCC(F)F)c1. The van der Waals surface area contributed by atoms with Crippen molar-refractivity contribution in [3.05, 3.63) is 28.2 Å². The van der Waals surface area contributed by atoms with E-state index < -0.39 is 19.0 Å². The second-order valence-electron chi connectivity index (χ2n) is 2.84. The van der Waals surface area contributed by atoms with Crippen LogP contribution in [0.5, 0.6) is 5.75 Å². The minimum Gasteiger partial charge on any atom is -0.486 e. The second-order valence-corrected chi connectivity index (χ2v) is 3.69. The van der Waals surface area contributed by atoms with Crippen molar-refractivity contribution in [3.63, 3.8) is 0 Å². The van der Waals surface area contributed by atoms with Crippen molar-refractivity contribution >= 4 is 21.9 Å². The molecule has 6 heteroatoms. The highest BCUT2D eigenvalue weighted by Gasteiger charge is 2.11. The minimum atomic E-state index is -2.56. The van der Waals surface area contributed by atoms with Gasteiger partial charge in [0.15, 0.2) is 0 Å². The van der Waals surface area contributed by atoms with Gasteiger partial charge in [0, 0.05) is 0 Å². The van der Waals surface area contributed by atoms with Crippen molar-refractivity contribution in [1.82, 2.24) is 0 Å². The maximum atomic E-state index is 11.9. The summed E-state index contributed by atoms with van der Waals surface area (Å²) in [7, 11) is 1.24. The average Bonchev–Trinajstić information content (AvgIpc) is 2.26. The molecule has 0 bridgehead atoms. The van der Waals surface area contributed by atoms with Gasteiger partial charge in [-0.2, -0.15) is 0 Å². The van der Waals surface area contributed by atoms with Crippen LogP contribution in [0.3, 0.4) is 0 Å². The van der Waals surface area contributed by atoms with E-state index in [2.05, 4.69) is 20.7 Å². The van der Waals surface area contributed by atoms with E-state index in [0.29, 0.717) is 4.47 Å². The topological polar surface area (TPSA) is 35.5 Å². The fourth-order valence-electron chi connectivity index (χ4n) is 1.01. The molecule has 0 unspecified atom stereocenters. The van der Waals surface area contributed by atoms with E-state index in [1.54, 1.807) is 0 Å². The molecular formula is C10H9BrF2O3. The van der Waals surface area contributed by atoms with Gasteiger partial charge in [0.25, 0.3) is 6.43 Å². The molecule has 0 N–H and O–H groups in total. The molecule has 0 aliphatic heterocycles. The largest absolute Gasteiger partial charge is 0.486 e. The summed E-state index contributed by atoms with van der Waals surface area (Å²) in [4.78, 5) is 11.2. The zero-order valence-corrected chi connectivity index (χ0v) is 9.96. The first-order valence-corrected chi connectivity index (χ1v) is 5.12. The van der Waals surface area contributed by atoms with E-state index in [0.717, 1.165) is 0 Å². The third-order valence-corrected chi connectivity index (χ3v) is 2.37. The molecular weight excluding hydrogens is 286 g/mol. The number of carbonyl (C=O) groups excluding carboxylic acids is 1. The standard InChI is InChI=1S/C10H9BrF2O3/c1-15-10(14)6-2-3-7(11)8(4-6)16-5-9(12)13/h2-4,9H,5H2,1H3. The lowest BCUT2D eigenvalue weighted by atomic mass is 10.2. The first-order chi connectivity index (χ1) is 7.54. The van der Waals surface area contributed by atoms with Gasteiger partial charge in [-0.1, -0.05) is 0 Å². The fourth-order valence-corrected chi connectivity index (χ4v) is 1.37. The van der Waals surface area contributed by atoms with Gasteiger partial charge in [-0.15, -0.1) is 0 Å². The van der Waals surface area contributed by atoms with E-state index in [-0.39, 0.29) is 11.3 Å². The summed E-state index contributed by atoms with van der Waals surface area (Å²) < 4.78 is 33.7.